The summed E-state index contributed by atoms with van der Waals surface area (Å²) in [5.41, 5.74) is 6.70. The second-order valence-corrected chi connectivity index (χ2v) is 3.99. The zero-order valence-electron chi connectivity index (χ0n) is 8.30. The third kappa shape index (κ3) is 2.02. The van der Waals surface area contributed by atoms with Crippen molar-refractivity contribution in [3.63, 3.8) is 0 Å². The largest absolute Gasteiger partial charge is 0.324 e. The molecule has 2 N–H and O–H groups in total. The second-order valence-electron chi connectivity index (χ2n) is 3.13. The van der Waals surface area contributed by atoms with Crippen LogP contribution in [-0.2, 0) is 0 Å². The molecule has 0 atom stereocenters. The number of benzene rings is 1. The van der Waals surface area contributed by atoms with E-state index in [1.165, 1.54) is 6.33 Å². The van der Waals surface area contributed by atoms with Crippen LogP contribution in [0.1, 0.15) is 10.4 Å². The molecule has 2 rings (SSSR count). The molecule has 2 aromatic rings. The van der Waals surface area contributed by atoms with Gasteiger partial charge in [-0.2, -0.15) is 5.10 Å². The summed E-state index contributed by atoms with van der Waals surface area (Å²) in [4.78, 5) is 15.2. The van der Waals surface area contributed by atoms with Crippen molar-refractivity contribution in [2.45, 2.75) is 0 Å². The first-order valence-electron chi connectivity index (χ1n) is 4.60. The van der Waals surface area contributed by atoms with Gasteiger partial charge < -0.3 is 5.73 Å². The van der Waals surface area contributed by atoms with E-state index in [0.29, 0.717) is 5.56 Å². The van der Waals surface area contributed by atoms with E-state index in [9.17, 15) is 4.79 Å². The number of halogens is 1. The molecule has 16 heavy (non-hydrogen) atoms. The Kier molecular flexibility index (Phi) is 3.12. The predicted octanol–water partition coefficient (Wildman–Crippen LogP) is 1.17. The Balaban J connectivity index is 2.41. The molecule has 0 bridgehead atoms. The Morgan fingerprint density at radius 3 is 2.88 bits per heavy atom. The van der Waals surface area contributed by atoms with Crippen LogP contribution in [0, 0.1) is 0 Å². The molecular weight excluding hydrogens is 272 g/mol. The quantitative estimate of drug-likeness (QED) is 0.857. The highest BCUT2D eigenvalue weighted by atomic mass is 79.9. The molecule has 0 saturated heterocycles. The van der Waals surface area contributed by atoms with E-state index in [-0.39, 0.29) is 12.3 Å². The number of carbonyl (C=O) groups is 1. The van der Waals surface area contributed by atoms with Crippen LogP contribution >= 0.6 is 15.9 Å². The van der Waals surface area contributed by atoms with E-state index in [2.05, 4.69) is 26.0 Å². The highest BCUT2D eigenvalue weighted by Gasteiger charge is 2.08. The first-order chi connectivity index (χ1) is 7.72. The number of nitrogens with zero attached hydrogens (tertiary/aromatic N) is 3. The molecule has 0 aliphatic heterocycles. The lowest BCUT2D eigenvalue weighted by Crippen LogP contribution is -2.13. The Hall–Kier alpha value is -1.53. The third-order valence-corrected chi connectivity index (χ3v) is 2.76. The lowest BCUT2D eigenvalue weighted by Gasteiger charge is -2.05. The van der Waals surface area contributed by atoms with Crippen LogP contribution in [0.2, 0.25) is 0 Å². The highest BCUT2D eigenvalue weighted by Crippen LogP contribution is 2.21. The summed E-state index contributed by atoms with van der Waals surface area (Å²) >= 11 is 3.38. The first-order valence-corrected chi connectivity index (χ1v) is 5.39. The van der Waals surface area contributed by atoms with Crippen molar-refractivity contribution in [1.29, 1.82) is 0 Å². The predicted molar refractivity (Wildman–Crippen MR) is 62.4 cm³/mol. The van der Waals surface area contributed by atoms with Crippen LogP contribution in [-0.4, -0.2) is 27.1 Å². The van der Waals surface area contributed by atoms with Crippen LogP contribution in [0.25, 0.3) is 5.69 Å². The molecule has 5 nitrogen and oxygen atoms in total. The molecular formula is C10H9BrN4O. The molecule has 1 aromatic carbocycles. The summed E-state index contributed by atoms with van der Waals surface area (Å²) in [6.45, 7) is 0.00904. The fourth-order valence-electron chi connectivity index (χ4n) is 1.32. The van der Waals surface area contributed by atoms with Crippen molar-refractivity contribution < 1.29 is 4.79 Å². The summed E-state index contributed by atoms with van der Waals surface area (Å²) < 4.78 is 2.39. The van der Waals surface area contributed by atoms with E-state index >= 15 is 0 Å². The second kappa shape index (κ2) is 4.54. The van der Waals surface area contributed by atoms with Crippen LogP contribution in [0.5, 0.6) is 0 Å². The maximum absolute atomic E-state index is 11.4. The van der Waals surface area contributed by atoms with Gasteiger partial charge in [0.1, 0.15) is 12.7 Å². The number of nitrogens with two attached hydrogens (primary N) is 1. The van der Waals surface area contributed by atoms with Crippen molar-refractivity contribution in [2.75, 3.05) is 6.54 Å². The number of hydrogen-bond donors (Lipinski definition) is 1. The first kappa shape index (κ1) is 11.0. The van der Waals surface area contributed by atoms with Gasteiger partial charge in [0.25, 0.3) is 0 Å². The number of hydrogen-bond acceptors (Lipinski definition) is 4. The number of ketones is 1. The minimum absolute atomic E-state index is 0.00904. The van der Waals surface area contributed by atoms with E-state index in [1.807, 2.05) is 0 Å². The van der Waals surface area contributed by atoms with Crippen molar-refractivity contribution in [1.82, 2.24) is 14.8 Å². The zero-order valence-corrected chi connectivity index (χ0v) is 9.89. The van der Waals surface area contributed by atoms with Crippen LogP contribution in [0.15, 0.2) is 35.3 Å². The number of rotatable bonds is 3. The van der Waals surface area contributed by atoms with E-state index in [0.717, 1.165) is 10.2 Å². The molecule has 6 heteroatoms. The van der Waals surface area contributed by atoms with Crippen LogP contribution in [0.4, 0.5) is 0 Å². The lowest BCUT2D eigenvalue weighted by atomic mass is 10.1. The average molecular weight is 281 g/mol. The van der Waals surface area contributed by atoms with Gasteiger partial charge in [-0.1, -0.05) is 0 Å². The molecule has 0 aliphatic rings. The fourth-order valence-corrected chi connectivity index (χ4v) is 1.88. The molecule has 0 saturated carbocycles. The number of aromatic nitrogens is 3. The van der Waals surface area contributed by atoms with Crippen molar-refractivity contribution >= 4 is 21.7 Å². The van der Waals surface area contributed by atoms with E-state index < -0.39 is 0 Å². The molecule has 0 amide bonds. The van der Waals surface area contributed by atoms with E-state index in [4.69, 9.17) is 5.73 Å². The molecule has 0 aliphatic carbocycles. The highest BCUT2D eigenvalue weighted by molar-refractivity contribution is 9.10. The van der Waals surface area contributed by atoms with Gasteiger partial charge in [-0.05, 0) is 34.1 Å². The Bertz CT molecular complexity index is 510. The normalized spacial score (nSPS) is 10.4. The Morgan fingerprint density at radius 2 is 2.31 bits per heavy atom. The molecule has 0 fully saturated rings. The SMILES string of the molecule is NCC(=O)c1ccc(-n2cncn2)c(Br)c1. The monoisotopic (exact) mass is 280 g/mol. The summed E-state index contributed by atoms with van der Waals surface area (Å²) in [6, 6.07) is 5.24. The number of Topliss-reactive ketones (excluding diaryl/α,β-unsaturated/α-hetero) is 1. The summed E-state index contributed by atoms with van der Waals surface area (Å²) in [5.74, 6) is -0.0918. The van der Waals surface area contributed by atoms with Gasteiger partial charge in [0.15, 0.2) is 5.78 Å². The standard InChI is InChI=1S/C10H9BrN4O/c11-8-3-7(10(16)4-12)1-2-9(8)15-6-13-5-14-15/h1-3,5-6H,4,12H2. The molecule has 0 spiro atoms. The lowest BCUT2D eigenvalue weighted by molar-refractivity contribution is 0.100. The zero-order chi connectivity index (χ0) is 11.5. The summed E-state index contributed by atoms with van der Waals surface area (Å²) in [6.07, 6.45) is 3.04. The van der Waals surface area contributed by atoms with Gasteiger partial charge in [0.2, 0.25) is 0 Å². The minimum Gasteiger partial charge on any atom is -0.324 e. The molecule has 0 radical (unpaired) electrons. The van der Waals surface area contributed by atoms with Gasteiger partial charge >= 0.3 is 0 Å². The van der Waals surface area contributed by atoms with Crippen molar-refractivity contribution in [3.8, 4) is 5.69 Å². The molecule has 0 unspecified atom stereocenters. The van der Waals surface area contributed by atoms with Gasteiger partial charge in [-0.25, -0.2) is 9.67 Å². The van der Waals surface area contributed by atoms with E-state index in [1.54, 1.807) is 29.2 Å². The Morgan fingerprint density at radius 1 is 1.50 bits per heavy atom. The summed E-state index contributed by atoms with van der Waals surface area (Å²) in [5, 5.41) is 4.01. The van der Waals surface area contributed by atoms with Gasteiger partial charge in [0.05, 0.1) is 12.2 Å². The maximum Gasteiger partial charge on any atom is 0.176 e. The third-order valence-electron chi connectivity index (χ3n) is 2.12. The number of carbonyl (C=O) groups excluding carboxylic acids is 1. The maximum atomic E-state index is 11.4. The topological polar surface area (TPSA) is 73.8 Å². The molecule has 1 aromatic heterocycles. The Labute approximate surface area is 100 Å². The van der Waals surface area contributed by atoms with Crippen LogP contribution < -0.4 is 5.73 Å². The van der Waals surface area contributed by atoms with Crippen LogP contribution in [0.3, 0.4) is 0 Å². The fraction of sp³-hybridized carbons (Fsp3) is 0.100. The molecule has 82 valence electrons. The molecule has 1 heterocycles. The van der Waals surface area contributed by atoms with Gasteiger partial charge in [0, 0.05) is 10.0 Å². The average Bonchev–Trinajstić information content (AvgIpc) is 2.81. The van der Waals surface area contributed by atoms with Gasteiger partial charge in [-0.15, -0.1) is 0 Å². The smallest absolute Gasteiger partial charge is 0.176 e. The minimum atomic E-state index is -0.0918. The van der Waals surface area contributed by atoms with Gasteiger partial charge in [-0.3, -0.25) is 4.79 Å². The van der Waals surface area contributed by atoms with Crippen molar-refractivity contribution in [3.05, 3.63) is 40.9 Å². The summed E-state index contributed by atoms with van der Waals surface area (Å²) in [7, 11) is 0. The van der Waals surface area contributed by atoms with Crippen molar-refractivity contribution in [2.24, 2.45) is 5.73 Å².